The van der Waals surface area contributed by atoms with E-state index in [-0.39, 0.29) is 11.9 Å². The van der Waals surface area contributed by atoms with E-state index in [0.29, 0.717) is 17.0 Å². The maximum atomic E-state index is 13.7. The number of rotatable bonds is 3. The standard InChI is InChI=1S/C15H13FN4/c1-10(11-4-2-3-5-12(11)16)19-14-7-6-13-15(20-14)18-9-8-17-13/h2-10H,1H3,(H,18,19,20). The van der Waals surface area contributed by atoms with Crippen LogP contribution in [0.2, 0.25) is 0 Å². The van der Waals surface area contributed by atoms with E-state index >= 15 is 0 Å². The van der Waals surface area contributed by atoms with Crippen molar-refractivity contribution in [1.29, 1.82) is 0 Å². The molecular weight excluding hydrogens is 255 g/mol. The van der Waals surface area contributed by atoms with Crippen LogP contribution in [0.3, 0.4) is 0 Å². The average Bonchev–Trinajstić information content (AvgIpc) is 2.47. The highest BCUT2D eigenvalue weighted by Crippen LogP contribution is 2.21. The Kier molecular flexibility index (Phi) is 3.25. The summed E-state index contributed by atoms with van der Waals surface area (Å²) in [4.78, 5) is 12.7. The van der Waals surface area contributed by atoms with Gasteiger partial charge >= 0.3 is 0 Å². The number of aromatic nitrogens is 3. The summed E-state index contributed by atoms with van der Waals surface area (Å²) in [7, 11) is 0. The molecule has 5 heteroatoms. The third-order valence-corrected chi connectivity index (χ3v) is 3.07. The van der Waals surface area contributed by atoms with Crippen LogP contribution in [-0.4, -0.2) is 15.0 Å². The van der Waals surface area contributed by atoms with Crippen molar-refractivity contribution in [2.45, 2.75) is 13.0 Å². The molecule has 2 heterocycles. The summed E-state index contributed by atoms with van der Waals surface area (Å²) < 4.78 is 13.7. The summed E-state index contributed by atoms with van der Waals surface area (Å²) in [6.45, 7) is 1.89. The van der Waals surface area contributed by atoms with Crippen LogP contribution < -0.4 is 5.32 Å². The van der Waals surface area contributed by atoms with E-state index in [2.05, 4.69) is 20.3 Å². The zero-order valence-corrected chi connectivity index (χ0v) is 10.9. The van der Waals surface area contributed by atoms with Gasteiger partial charge in [-0.05, 0) is 25.1 Å². The number of hydrogen-bond acceptors (Lipinski definition) is 4. The molecule has 1 atom stereocenters. The topological polar surface area (TPSA) is 50.7 Å². The van der Waals surface area contributed by atoms with Crippen molar-refractivity contribution in [2.75, 3.05) is 5.32 Å². The van der Waals surface area contributed by atoms with Crippen molar-refractivity contribution in [1.82, 2.24) is 15.0 Å². The first kappa shape index (κ1) is 12.5. The number of nitrogens with one attached hydrogen (secondary N) is 1. The molecule has 0 spiro atoms. The van der Waals surface area contributed by atoms with Crippen LogP contribution >= 0.6 is 0 Å². The molecule has 1 N–H and O–H groups in total. The fraction of sp³-hybridized carbons (Fsp3) is 0.133. The second-order valence-corrected chi connectivity index (χ2v) is 4.48. The fourth-order valence-electron chi connectivity index (χ4n) is 2.06. The normalized spacial score (nSPS) is 12.3. The fourth-order valence-corrected chi connectivity index (χ4v) is 2.06. The van der Waals surface area contributed by atoms with Gasteiger partial charge in [0.15, 0.2) is 5.65 Å². The Morgan fingerprint density at radius 3 is 2.70 bits per heavy atom. The third-order valence-electron chi connectivity index (χ3n) is 3.07. The summed E-state index contributed by atoms with van der Waals surface area (Å²) in [5, 5.41) is 3.17. The number of halogens is 1. The molecule has 0 aliphatic rings. The summed E-state index contributed by atoms with van der Waals surface area (Å²) in [5.74, 6) is 0.418. The zero-order chi connectivity index (χ0) is 13.9. The Morgan fingerprint density at radius 2 is 1.85 bits per heavy atom. The van der Waals surface area contributed by atoms with E-state index in [1.165, 1.54) is 6.07 Å². The molecule has 0 aliphatic heterocycles. The van der Waals surface area contributed by atoms with Crippen LogP contribution in [0.5, 0.6) is 0 Å². The first-order valence-corrected chi connectivity index (χ1v) is 6.33. The molecular formula is C15H13FN4. The van der Waals surface area contributed by atoms with Gasteiger partial charge in [0.25, 0.3) is 0 Å². The van der Waals surface area contributed by atoms with Gasteiger partial charge in [0.05, 0.1) is 6.04 Å². The van der Waals surface area contributed by atoms with Crippen molar-refractivity contribution in [2.24, 2.45) is 0 Å². The molecule has 100 valence electrons. The van der Waals surface area contributed by atoms with Gasteiger partial charge in [-0.25, -0.2) is 14.4 Å². The van der Waals surface area contributed by atoms with E-state index in [0.717, 1.165) is 5.52 Å². The van der Waals surface area contributed by atoms with Crippen molar-refractivity contribution in [3.63, 3.8) is 0 Å². The first-order valence-electron chi connectivity index (χ1n) is 6.33. The number of hydrogen-bond donors (Lipinski definition) is 1. The molecule has 1 aromatic carbocycles. The molecule has 3 aromatic rings. The lowest BCUT2D eigenvalue weighted by Crippen LogP contribution is -2.09. The monoisotopic (exact) mass is 268 g/mol. The van der Waals surface area contributed by atoms with E-state index in [1.807, 2.05) is 25.1 Å². The van der Waals surface area contributed by atoms with Crippen LogP contribution in [0, 0.1) is 5.82 Å². The maximum Gasteiger partial charge on any atom is 0.180 e. The SMILES string of the molecule is CC(Nc1ccc2nccnc2n1)c1ccccc1F. The molecule has 0 saturated heterocycles. The van der Waals surface area contributed by atoms with E-state index in [1.54, 1.807) is 24.5 Å². The number of nitrogens with zero attached hydrogens (tertiary/aromatic N) is 3. The molecule has 4 nitrogen and oxygen atoms in total. The van der Waals surface area contributed by atoms with Crippen LogP contribution in [0.4, 0.5) is 10.2 Å². The predicted octanol–water partition coefficient (Wildman–Crippen LogP) is 3.34. The minimum Gasteiger partial charge on any atom is -0.363 e. The van der Waals surface area contributed by atoms with Crippen LogP contribution in [-0.2, 0) is 0 Å². The lowest BCUT2D eigenvalue weighted by molar-refractivity contribution is 0.600. The Balaban J connectivity index is 1.87. The molecule has 0 saturated carbocycles. The highest BCUT2D eigenvalue weighted by Gasteiger charge is 2.10. The zero-order valence-electron chi connectivity index (χ0n) is 10.9. The molecule has 0 bridgehead atoms. The Hall–Kier alpha value is -2.56. The number of benzene rings is 1. The number of fused-ring (bicyclic) bond motifs is 1. The molecule has 20 heavy (non-hydrogen) atoms. The largest absolute Gasteiger partial charge is 0.363 e. The minimum absolute atomic E-state index is 0.183. The van der Waals surface area contributed by atoms with Gasteiger partial charge in [0.2, 0.25) is 0 Å². The van der Waals surface area contributed by atoms with Crippen molar-refractivity contribution in [3.05, 3.63) is 60.2 Å². The number of anilines is 1. The third kappa shape index (κ3) is 2.42. The van der Waals surface area contributed by atoms with Crippen LogP contribution in [0.1, 0.15) is 18.5 Å². The number of pyridine rings is 1. The van der Waals surface area contributed by atoms with Gasteiger partial charge in [0, 0.05) is 18.0 Å². The van der Waals surface area contributed by atoms with Gasteiger partial charge in [0.1, 0.15) is 17.2 Å². The first-order chi connectivity index (χ1) is 9.74. The average molecular weight is 268 g/mol. The van der Waals surface area contributed by atoms with Gasteiger partial charge < -0.3 is 5.32 Å². The van der Waals surface area contributed by atoms with Gasteiger partial charge in [-0.1, -0.05) is 18.2 Å². The minimum atomic E-state index is -0.229. The summed E-state index contributed by atoms with van der Waals surface area (Å²) >= 11 is 0. The Morgan fingerprint density at radius 1 is 1.05 bits per heavy atom. The Labute approximate surface area is 115 Å². The van der Waals surface area contributed by atoms with E-state index in [4.69, 9.17) is 0 Å². The lowest BCUT2D eigenvalue weighted by Gasteiger charge is -2.15. The second-order valence-electron chi connectivity index (χ2n) is 4.48. The summed E-state index contributed by atoms with van der Waals surface area (Å²) in [5.41, 5.74) is 1.91. The smallest absolute Gasteiger partial charge is 0.180 e. The van der Waals surface area contributed by atoms with Gasteiger partial charge in [-0.2, -0.15) is 0 Å². The van der Waals surface area contributed by atoms with E-state index in [9.17, 15) is 4.39 Å². The predicted molar refractivity (Wildman–Crippen MR) is 75.8 cm³/mol. The van der Waals surface area contributed by atoms with Gasteiger partial charge in [-0.15, -0.1) is 0 Å². The van der Waals surface area contributed by atoms with Crippen LogP contribution in [0.25, 0.3) is 11.2 Å². The molecule has 2 aromatic heterocycles. The van der Waals surface area contributed by atoms with Crippen LogP contribution in [0.15, 0.2) is 48.8 Å². The quantitative estimate of drug-likeness (QED) is 0.791. The highest BCUT2D eigenvalue weighted by molar-refractivity contribution is 5.71. The molecule has 1 unspecified atom stereocenters. The highest BCUT2D eigenvalue weighted by atomic mass is 19.1. The van der Waals surface area contributed by atoms with Gasteiger partial charge in [-0.3, -0.25) is 4.98 Å². The maximum absolute atomic E-state index is 13.7. The van der Waals surface area contributed by atoms with Crippen molar-refractivity contribution >= 4 is 17.0 Å². The second kappa shape index (κ2) is 5.21. The molecule has 0 radical (unpaired) electrons. The summed E-state index contributed by atoms with van der Waals surface area (Å²) in [6.07, 6.45) is 3.22. The molecule has 0 fully saturated rings. The molecule has 3 rings (SSSR count). The van der Waals surface area contributed by atoms with E-state index < -0.39 is 0 Å². The lowest BCUT2D eigenvalue weighted by atomic mass is 10.1. The van der Waals surface area contributed by atoms with Crippen molar-refractivity contribution in [3.8, 4) is 0 Å². The molecule has 0 amide bonds. The summed E-state index contributed by atoms with van der Waals surface area (Å²) in [6, 6.07) is 10.2. The van der Waals surface area contributed by atoms with Crippen molar-refractivity contribution < 1.29 is 4.39 Å². The molecule has 0 aliphatic carbocycles. The Bertz CT molecular complexity index is 745.